The predicted molar refractivity (Wildman–Crippen MR) is 106 cm³/mol. The van der Waals surface area contributed by atoms with Gasteiger partial charge in [-0.3, -0.25) is 0 Å². The van der Waals surface area contributed by atoms with Crippen molar-refractivity contribution in [2.45, 2.75) is 51.5 Å². The van der Waals surface area contributed by atoms with Gasteiger partial charge in [-0.05, 0) is 57.1 Å². The Bertz CT molecular complexity index is 937. The van der Waals surface area contributed by atoms with Crippen molar-refractivity contribution < 1.29 is 0 Å². The maximum absolute atomic E-state index is 6.40. The molecule has 0 aliphatic heterocycles. The first kappa shape index (κ1) is 16.8. The van der Waals surface area contributed by atoms with Gasteiger partial charge in [0.1, 0.15) is 5.82 Å². The highest BCUT2D eigenvalue weighted by molar-refractivity contribution is 5.81. The van der Waals surface area contributed by atoms with Crippen LogP contribution in [-0.4, -0.2) is 20.6 Å². The van der Waals surface area contributed by atoms with Crippen molar-refractivity contribution in [3.05, 3.63) is 47.3 Å². The molecule has 0 saturated heterocycles. The van der Waals surface area contributed by atoms with Gasteiger partial charge in [-0.1, -0.05) is 17.7 Å². The number of aromatic nitrogens is 3. The summed E-state index contributed by atoms with van der Waals surface area (Å²) in [5.74, 6) is 0.931. The Morgan fingerprint density at radius 2 is 1.92 bits per heavy atom. The summed E-state index contributed by atoms with van der Waals surface area (Å²) in [5, 5.41) is 8.14. The van der Waals surface area contributed by atoms with E-state index in [0.29, 0.717) is 17.8 Å². The lowest BCUT2D eigenvalue weighted by atomic mass is 9.81. The molecule has 1 saturated carbocycles. The Kier molecular flexibility index (Phi) is 4.28. The molecule has 4 rings (SSSR count). The number of nitrogen functional groups attached to an aromatic ring is 1. The van der Waals surface area contributed by atoms with E-state index >= 15 is 0 Å². The highest BCUT2D eigenvalue weighted by Crippen LogP contribution is 2.41. The Morgan fingerprint density at radius 1 is 1.15 bits per heavy atom. The van der Waals surface area contributed by atoms with E-state index < -0.39 is 0 Å². The molecule has 0 radical (unpaired) electrons. The standard InChI is InChI=1S/C20H26N6/c1-12-3-8-16(13(2)11-12)24-18-17(14-4-6-15(21)7-5-14)19(22)25-26-10-9-23-20(18)26/h3,8-11,14-15,24H,4-7,21H2,1-2H3,(H2,22,25)/t14-,15-. The summed E-state index contributed by atoms with van der Waals surface area (Å²) < 4.78 is 1.75. The molecule has 136 valence electrons. The summed E-state index contributed by atoms with van der Waals surface area (Å²) in [7, 11) is 0. The zero-order valence-electron chi connectivity index (χ0n) is 15.4. The van der Waals surface area contributed by atoms with Crippen LogP contribution in [0, 0.1) is 13.8 Å². The van der Waals surface area contributed by atoms with Crippen LogP contribution in [0.3, 0.4) is 0 Å². The number of nitrogens with one attached hydrogen (secondary N) is 1. The van der Waals surface area contributed by atoms with Gasteiger partial charge in [-0.25, -0.2) is 9.50 Å². The fourth-order valence-corrected chi connectivity index (χ4v) is 4.01. The molecule has 0 atom stereocenters. The molecule has 1 aliphatic rings. The largest absolute Gasteiger partial charge is 0.382 e. The second-order valence-electron chi connectivity index (χ2n) is 7.42. The van der Waals surface area contributed by atoms with Crippen molar-refractivity contribution in [2.24, 2.45) is 5.73 Å². The molecule has 0 spiro atoms. The molecule has 0 unspecified atom stereocenters. The Hall–Kier alpha value is -2.60. The highest BCUT2D eigenvalue weighted by atomic mass is 15.3. The first-order chi connectivity index (χ1) is 12.5. The fourth-order valence-electron chi connectivity index (χ4n) is 4.01. The smallest absolute Gasteiger partial charge is 0.177 e. The SMILES string of the molecule is Cc1ccc(Nc2c3nccn3nc(N)c2[C@H]2CC[C@H](N)CC2)c(C)c1. The van der Waals surface area contributed by atoms with Gasteiger partial charge < -0.3 is 16.8 Å². The monoisotopic (exact) mass is 350 g/mol. The van der Waals surface area contributed by atoms with E-state index in [0.717, 1.165) is 48.3 Å². The maximum Gasteiger partial charge on any atom is 0.177 e. The minimum Gasteiger partial charge on any atom is -0.382 e. The van der Waals surface area contributed by atoms with Gasteiger partial charge in [-0.2, -0.15) is 0 Å². The molecule has 3 aromatic rings. The molecule has 26 heavy (non-hydrogen) atoms. The van der Waals surface area contributed by atoms with Crippen LogP contribution in [0.2, 0.25) is 0 Å². The van der Waals surface area contributed by atoms with Gasteiger partial charge >= 0.3 is 0 Å². The number of anilines is 3. The molecular weight excluding hydrogens is 324 g/mol. The third-order valence-electron chi connectivity index (χ3n) is 5.43. The first-order valence-electron chi connectivity index (χ1n) is 9.25. The van der Waals surface area contributed by atoms with E-state index in [1.54, 1.807) is 10.7 Å². The second kappa shape index (κ2) is 6.61. The number of fused-ring (bicyclic) bond motifs is 1. The van der Waals surface area contributed by atoms with Crippen LogP contribution in [0.25, 0.3) is 5.65 Å². The zero-order valence-corrected chi connectivity index (χ0v) is 15.4. The number of nitrogens with zero attached hydrogens (tertiary/aromatic N) is 3. The van der Waals surface area contributed by atoms with Crippen LogP contribution >= 0.6 is 0 Å². The molecule has 1 aromatic carbocycles. The molecule has 0 amide bonds. The fraction of sp³-hybridized carbons (Fsp3) is 0.400. The summed E-state index contributed by atoms with van der Waals surface area (Å²) >= 11 is 0. The lowest BCUT2D eigenvalue weighted by Gasteiger charge is -2.29. The van der Waals surface area contributed by atoms with E-state index in [2.05, 4.69) is 47.4 Å². The van der Waals surface area contributed by atoms with E-state index in [4.69, 9.17) is 11.5 Å². The van der Waals surface area contributed by atoms with Crippen molar-refractivity contribution in [1.29, 1.82) is 0 Å². The second-order valence-corrected chi connectivity index (χ2v) is 7.42. The van der Waals surface area contributed by atoms with Gasteiger partial charge in [0.25, 0.3) is 0 Å². The van der Waals surface area contributed by atoms with Crippen LogP contribution in [0.4, 0.5) is 17.2 Å². The van der Waals surface area contributed by atoms with E-state index in [1.165, 1.54) is 11.1 Å². The Morgan fingerprint density at radius 3 is 2.65 bits per heavy atom. The van der Waals surface area contributed by atoms with Crippen LogP contribution in [0.15, 0.2) is 30.6 Å². The van der Waals surface area contributed by atoms with Gasteiger partial charge in [0, 0.05) is 29.7 Å². The normalized spacial score (nSPS) is 20.4. The average Bonchev–Trinajstić information content (AvgIpc) is 3.06. The molecule has 5 N–H and O–H groups in total. The summed E-state index contributed by atoms with van der Waals surface area (Å²) in [6.45, 7) is 4.21. The van der Waals surface area contributed by atoms with Crippen molar-refractivity contribution in [1.82, 2.24) is 14.6 Å². The van der Waals surface area contributed by atoms with Crippen LogP contribution in [0.5, 0.6) is 0 Å². The molecule has 2 aromatic heterocycles. The van der Waals surface area contributed by atoms with Crippen molar-refractivity contribution in [3.8, 4) is 0 Å². The maximum atomic E-state index is 6.40. The number of benzene rings is 1. The summed E-state index contributed by atoms with van der Waals surface area (Å²) in [4.78, 5) is 4.53. The number of imidazole rings is 1. The summed E-state index contributed by atoms with van der Waals surface area (Å²) in [6, 6.07) is 6.70. The number of nitrogens with two attached hydrogens (primary N) is 2. The highest BCUT2D eigenvalue weighted by Gasteiger charge is 2.27. The molecule has 1 fully saturated rings. The van der Waals surface area contributed by atoms with Crippen LogP contribution in [-0.2, 0) is 0 Å². The lowest BCUT2D eigenvalue weighted by molar-refractivity contribution is 0.396. The third kappa shape index (κ3) is 3.01. The van der Waals surface area contributed by atoms with Crippen LogP contribution in [0.1, 0.15) is 48.3 Å². The van der Waals surface area contributed by atoms with Crippen molar-refractivity contribution >= 4 is 22.8 Å². The topological polar surface area (TPSA) is 94.3 Å². The van der Waals surface area contributed by atoms with Gasteiger partial charge in [-0.15, -0.1) is 5.10 Å². The predicted octanol–water partition coefficient (Wildman–Crippen LogP) is 3.66. The molecule has 1 aliphatic carbocycles. The van der Waals surface area contributed by atoms with E-state index in [1.807, 2.05) is 6.20 Å². The minimum atomic E-state index is 0.298. The Balaban J connectivity index is 1.82. The van der Waals surface area contributed by atoms with Crippen LogP contribution < -0.4 is 16.8 Å². The number of rotatable bonds is 3. The first-order valence-corrected chi connectivity index (χ1v) is 9.25. The Labute approximate surface area is 153 Å². The van der Waals surface area contributed by atoms with Crippen molar-refractivity contribution in [3.63, 3.8) is 0 Å². The zero-order chi connectivity index (χ0) is 18.3. The van der Waals surface area contributed by atoms with E-state index in [-0.39, 0.29) is 0 Å². The molecule has 6 heteroatoms. The van der Waals surface area contributed by atoms with Gasteiger partial charge in [0.05, 0.1) is 5.69 Å². The molecule has 6 nitrogen and oxygen atoms in total. The summed E-state index contributed by atoms with van der Waals surface area (Å²) in [5.41, 5.74) is 18.9. The minimum absolute atomic E-state index is 0.298. The molecular formula is C20H26N6. The van der Waals surface area contributed by atoms with E-state index in [9.17, 15) is 0 Å². The third-order valence-corrected chi connectivity index (χ3v) is 5.43. The molecule has 2 heterocycles. The number of hydrogen-bond acceptors (Lipinski definition) is 5. The lowest BCUT2D eigenvalue weighted by Crippen LogP contribution is -2.26. The number of hydrogen-bond donors (Lipinski definition) is 3. The van der Waals surface area contributed by atoms with Gasteiger partial charge in [0.2, 0.25) is 0 Å². The number of aryl methyl sites for hydroxylation is 2. The molecule has 0 bridgehead atoms. The average molecular weight is 350 g/mol. The quantitative estimate of drug-likeness (QED) is 0.670. The van der Waals surface area contributed by atoms with Gasteiger partial charge in [0.15, 0.2) is 5.65 Å². The van der Waals surface area contributed by atoms with Crippen molar-refractivity contribution in [2.75, 3.05) is 11.1 Å². The summed E-state index contributed by atoms with van der Waals surface area (Å²) in [6.07, 6.45) is 7.70.